The van der Waals surface area contributed by atoms with Crippen LogP contribution in [0.5, 0.6) is 11.5 Å². The molecule has 0 radical (unpaired) electrons. The Kier molecular flexibility index (Phi) is 8.45. The lowest BCUT2D eigenvalue weighted by Gasteiger charge is -2.31. The number of esters is 1. The number of nitrogens with zero attached hydrogens (tertiary/aromatic N) is 1. The minimum absolute atomic E-state index is 0.187. The average Bonchev–Trinajstić information content (AvgIpc) is 2.84. The van der Waals surface area contributed by atoms with Crippen molar-refractivity contribution in [2.24, 2.45) is 5.92 Å². The molecule has 1 unspecified atom stereocenters. The molecule has 1 fully saturated rings. The number of ether oxygens (including phenoxy) is 3. The molecule has 182 valence electrons. The van der Waals surface area contributed by atoms with Crippen LogP contribution in [0.4, 0.5) is 10.1 Å². The van der Waals surface area contributed by atoms with E-state index < -0.39 is 23.8 Å². The Hall–Kier alpha value is -3.62. The summed E-state index contributed by atoms with van der Waals surface area (Å²) in [6.07, 6.45) is 0.970. The van der Waals surface area contributed by atoms with E-state index in [1.165, 1.54) is 49.6 Å². The number of carbonyl (C=O) groups excluding carboxylic acids is 3. The molecular formula is C25H29FN2O6. The van der Waals surface area contributed by atoms with Crippen LogP contribution in [-0.4, -0.2) is 55.6 Å². The van der Waals surface area contributed by atoms with Gasteiger partial charge in [-0.1, -0.05) is 6.92 Å². The van der Waals surface area contributed by atoms with Crippen molar-refractivity contribution in [2.45, 2.75) is 32.8 Å². The number of halogens is 1. The number of likely N-dealkylation sites (tertiary alicyclic amines) is 1. The van der Waals surface area contributed by atoms with E-state index in [2.05, 4.69) is 12.2 Å². The summed E-state index contributed by atoms with van der Waals surface area (Å²) in [5.41, 5.74) is 0.620. The van der Waals surface area contributed by atoms with E-state index >= 15 is 0 Å². The van der Waals surface area contributed by atoms with Crippen molar-refractivity contribution in [3.05, 3.63) is 53.8 Å². The third-order valence-electron chi connectivity index (χ3n) is 5.61. The van der Waals surface area contributed by atoms with Crippen LogP contribution in [0.25, 0.3) is 0 Å². The zero-order valence-electron chi connectivity index (χ0n) is 19.5. The van der Waals surface area contributed by atoms with Gasteiger partial charge in [-0.2, -0.15) is 0 Å². The molecule has 0 aromatic heterocycles. The Bertz CT molecular complexity index is 1020. The first kappa shape index (κ1) is 25.0. The van der Waals surface area contributed by atoms with Gasteiger partial charge >= 0.3 is 5.97 Å². The van der Waals surface area contributed by atoms with Gasteiger partial charge < -0.3 is 24.4 Å². The second-order valence-electron chi connectivity index (χ2n) is 8.26. The highest BCUT2D eigenvalue weighted by Gasteiger charge is 2.27. The van der Waals surface area contributed by atoms with Gasteiger partial charge in [0.15, 0.2) is 24.2 Å². The molecule has 1 saturated heterocycles. The molecule has 1 aliphatic heterocycles. The number of nitrogens with one attached hydrogen (secondary N) is 1. The summed E-state index contributed by atoms with van der Waals surface area (Å²) in [7, 11) is 1.40. The zero-order valence-corrected chi connectivity index (χ0v) is 19.5. The van der Waals surface area contributed by atoms with E-state index in [-0.39, 0.29) is 29.6 Å². The van der Waals surface area contributed by atoms with E-state index in [9.17, 15) is 18.8 Å². The maximum absolute atomic E-state index is 13.0. The minimum atomic E-state index is -0.905. The van der Waals surface area contributed by atoms with Gasteiger partial charge in [-0.25, -0.2) is 9.18 Å². The van der Waals surface area contributed by atoms with Crippen LogP contribution in [0, 0.1) is 11.7 Å². The lowest BCUT2D eigenvalue weighted by Crippen LogP contribution is -2.44. The smallest absolute Gasteiger partial charge is 0.339 e. The summed E-state index contributed by atoms with van der Waals surface area (Å²) in [5, 5.41) is 2.59. The Labute approximate surface area is 198 Å². The van der Waals surface area contributed by atoms with Crippen LogP contribution in [0.2, 0.25) is 0 Å². The molecule has 2 aromatic carbocycles. The van der Waals surface area contributed by atoms with Gasteiger partial charge in [0, 0.05) is 18.8 Å². The molecule has 1 N–H and O–H groups in total. The highest BCUT2D eigenvalue weighted by molar-refractivity contribution is 5.93. The molecule has 34 heavy (non-hydrogen) atoms. The molecule has 0 aliphatic carbocycles. The van der Waals surface area contributed by atoms with Crippen LogP contribution in [0.1, 0.15) is 37.0 Å². The largest absolute Gasteiger partial charge is 0.493 e. The number of hydrogen-bond donors (Lipinski definition) is 1. The summed E-state index contributed by atoms with van der Waals surface area (Å²) < 4.78 is 29.1. The van der Waals surface area contributed by atoms with Gasteiger partial charge in [-0.3, -0.25) is 9.59 Å². The normalized spacial score (nSPS) is 14.8. The lowest BCUT2D eigenvalue weighted by molar-refractivity contribution is -0.141. The molecule has 1 aliphatic rings. The maximum Gasteiger partial charge on any atom is 0.339 e. The highest BCUT2D eigenvalue weighted by Crippen LogP contribution is 2.28. The molecule has 1 atom stereocenters. The van der Waals surface area contributed by atoms with Gasteiger partial charge in [-0.15, -0.1) is 0 Å². The number of methoxy groups -OCH3 is 1. The first-order chi connectivity index (χ1) is 16.3. The third kappa shape index (κ3) is 6.69. The third-order valence-corrected chi connectivity index (χ3v) is 5.61. The molecule has 8 nitrogen and oxygen atoms in total. The predicted molar refractivity (Wildman–Crippen MR) is 123 cm³/mol. The highest BCUT2D eigenvalue weighted by atomic mass is 19.1. The first-order valence-corrected chi connectivity index (χ1v) is 11.1. The van der Waals surface area contributed by atoms with Gasteiger partial charge in [0.05, 0.1) is 12.7 Å². The molecule has 0 spiro atoms. The topological polar surface area (TPSA) is 94.2 Å². The van der Waals surface area contributed by atoms with Crippen molar-refractivity contribution in [2.75, 3.05) is 32.1 Å². The Morgan fingerprint density at radius 1 is 1.09 bits per heavy atom. The van der Waals surface area contributed by atoms with E-state index in [1.54, 1.807) is 11.8 Å². The minimum Gasteiger partial charge on any atom is -0.493 e. The summed E-state index contributed by atoms with van der Waals surface area (Å²) in [6, 6.07) is 9.72. The zero-order chi connectivity index (χ0) is 24.7. The van der Waals surface area contributed by atoms with Gasteiger partial charge in [-0.05, 0) is 68.1 Å². The predicted octanol–water partition coefficient (Wildman–Crippen LogP) is 3.66. The molecule has 0 bridgehead atoms. The van der Waals surface area contributed by atoms with Crippen molar-refractivity contribution in [3.8, 4) is 11.5 Å². The number of benzene rings is 2. The summed E-state index contributed by atoms with van der Waals surface area (Å²) in [4.78, 5) is 39.0. The fourth-order valence-corrected chi connectivity index (χ4v) is 3.55. The summed E-state index contributed by atoms with van der Waals surface area (Å²) in [5.74, 6) is -0.657. The number of amides is 2. The van der Waals surface area contributed by atoms with Crippen LogP contribution >= 0.6 is 0 Å². The molecular weight excluding hydrogens is 443 g/mol. The summed E-state index contributed by atoms with van der Waals surface area (Å²) in [6.45, 7) is 4.72. The Morgan fingerprint density at radius 2 is 1.76 bits per heavy atom. The van der Waals surface area contributed by atoms with E-state index in [0.717, 1.165) is 12.8 Å². The second kappa shape index (κ2) is 11.5. The lowest BCUT2D eigenvalue weighted by atomic mass is 9.99. The molecule has 3 rings (SSSR count). The van der Waals surface area contributed by atoms with Gasteiger partial charge in [0.25, 0.3) is 11.8 Å². The van der Waals surface area contributed by atoms with Gasteiger partial charge in [0.2, 0.25) is 0 Å². The summed E-state index contributed by atoms with van der Waals surface area (Å²) >= 11 is 0. The van der Waals surface area contributed by atoms with E-state index in [4.69, 9.17) is 14.2 Å². The van der Waals surface area contributed by atoms with E-state index in [1.807, 2.05) is 0 Å². The van der Waals surface area contributed by atoms with E-state index in [0.29, 0.717) is 24.7 Å². The van der Waals surface area contributed by atoms with Crippen molar-refractivity contribution < 1.29 is 33.0 Å². The molecule has 9 heteroatoms. The standard InChI is InChI=1S/C25H29FN2O6/c1-16-10-12-28(13-11-16)24(30)17(2)34-25(31)18-4-9-21(22(14-18)32-3)33-15-23(29)27-20-7-5-19(26)6-8-20/h4-9,14,16-17H,10-13,15H2,1-3H3,(H,27,29). The first-order valence-electron chi connectivity index (χ1n) is 11.1. The van der Waals surface area contributed by atoms with Crippen LogP contribution < -0.4 is 14.8 Å². The van der Waals surface area contributed by atoms with Crippen molar-refractivity contribution in [1.82, 2.24) is 4.90 Å². The fourth-order valence-electron chi connectivity index (χ4n) is 3.55. The number of carbonyl (C=O) groups is 3. The fraction of sp³-hybridized carbons (Fsp3) is 0.400. The molecule has 2 aromatic rings. The maximum atomic E-state index is 13.0. The number of anilines is 1. The monoisotopic (exact) mass is 472 g/mol. The van der Waals surface area contributed by atoms with Crippen LogP contribution in [0.15, 0.2) is 42.5 Å². The Balaban J connectivity index is 1.55. The van der Waals surface area contributed by atoms with Crippen molar-refractivity contribution in [1.29, 1.82) is 0 Å². The number of hydrogen-bond acceptors (Lipinski definition) is 6. The number of piperidine rings is 1. The Morgan fingerprint density at radius 3 is 2.41 bits per heavy atom. The van der Waals surface area contributed by atoms with Crippen LogP contribution in [0.3, 0.4) is 0 Å². The van der Waals surface area contributed by atoms with Crippen molar-refractivity contribution >= 4 is 23.5 Å². The SMILES string of the molecule is COc1cc(C(=O)OC(C)C(=O)N2CCC(C)CC2)ccc1OCC(=O)Nc1ccc(F)cc1. The molecule has 0 saturated carbocycles. The molecule has 2 amide bonds. The second-order valence-corrected chi connectivity index (χ2v) is 8.26. The quantitative estimate of drug-likeness (QED) is 0.590. The van der Waals surface area contributed by atoms with Gasteiger partial charge in [0.1, 0.15) is 5.82 Å². The number of rotatable bonds is 8. The van der Waals surface area contributed by atoms with Crippen molar-refractivity contribution in [3.63, 3.8) is 0 Å². The average molecular weight is 473 g/mol. The molecule has 1 heterocycles. The van der Waals surface area contributed by atoms with Crippen LogP contribution in [-0.2, 0) is 14.3 Å².